The third kappa shape index (κ3) is 6.13. The molecule has 39 heavy (non-hydrogen) atoms. The second-order valence-electron chi connectivity index (χ2n) is 8.72. The highest BCUT2D eigenvalue weighted by Gasteiger charge is 2.46. The van der Waals surface area contributed by atoms with Crippen molar-refractivity contribution in [2.24, 2.45) is 0 Å². The summed E-state index contributed by atoms with van der Waals surface area (Å²) in [6.07, 6.45) is 0.401. The van der Waals surface area contributed by atoms with Gasteiger partial charge in [0.1, 0.15) is 47.1 Å². The molecule has 5 rings (SSSR count). The van der Waals surface area contributed by atoms with Crippen LogP contribution in [0.2, 0.25) is 0 Å². The van der Waals surface area contributed by atoms with E-state index in [0.717, 1.165) is 17.8 Å². The van der Waals surface area contributed by atoms with Crippen LogP contribution in [0.5, 0.6) is 0 Å². The second-order valence-corrected chi connectivity index (χ2v) is 12.2. The third-order valence-electron chi connectivity index (χ3n) is 6.29. The van der Waals surface area contributed by atoms with Crippen LogP contribution >= 0.6 is 7.26 Å². The average molecular weight is 568 g/mol. The van der Waals surface area contributed by atoms with E-state index >= 15 is 0 Å². The summed E-state index contributed by atoms with van der Waals surface area (Å²) in [6.45, 7) is 0. The summed E-state index contributed by atoms with van der Waals surface area (Å²) in [5.74, 6) is -0.725. The summed E-state index contributed by atoms with van der Waals surface area (Å²) in [6, 6.07) is 33.5. The number of aromatic nitrogens is 1. The van der Waals surface area contributed by atoms with Crippen molar-refractivity contribution in [3.8, 4) is 0 Å². The average Bonchev–Trinajstić information content (AvgIpc) is 3.39. The number of rotatable bonds is 7. The maximum Gasteiger partial charge on any atom is 0.416 e. The lowest BCUT2D eigenvalue weighted by molar-refractivity contribution is -0.137. The number of alkyl halides is 3. The van der Waals surface area contributed by atoms with E-state index in [9.17, 15) is 17.6 Å². The van der Waals surface area contributed by atoms with E-state index in [1.807, 2.05) is 54.6 Å². The van der Waals surface area contributed by atoms with Gasteiger partial charge in [-0.05, 0) is 54.6 Å². The zero-order valence-electron chi connectivity index (χ0n) is 20.5. The molecule has 8 heteroatoms. The van der Waals surface area contributed by atoms with E-state index in [2.05, 4.69) is 41.4 Å². The lowest BCUT2D eigenvalue weighted by Gasteiger charge is -2.26. The Kier molecular flexibility index (Phi) is 8.69. The Morgan fingerprint density at radius 1 is 0.718 bits per heavy atom. The monoisotopic (exact) mass is 567 g/mol. The molecule has 1 heterocycles. The molecule has 2 nitrogen and oxygen atoms in total. The minimum absolute atomic E-state index is 0. The molecule has 1 aromatic heterocycles. The zero-order valence-corrected chi connectivity index (χ0v) is 22.2. The number of hydrogen-bond acceptors (Lipinski definition) is 2. The van der Waals surface area contributed by atoms with Crippen molar-refractivity contribution in [1.82, 2.24) is 4.98 Å². The maximum atomic E-state index is 14.3. The van der Waals surface area contributed by atoms with Gasteiger partial charge in [-0.15, -0.1) is 0 Å². The molecule has 0 aliphatic heterocycles. The molecule has 0 bridgehead atoms. The van der Waals surface area contributed by atoms with Crippen LogP contribution in [-0.2, 0) is 12.3 Å². The first-order valence-corrected chi connectivity index (χ1v) is 13.9. The predicted molar refractivity (Wildman–Crippen MR) is 146 cm³/mol. The van der Waals surface area contributed by atoms with Gasteiger partial charge in [-0.1, -0.05) is 60.7 Å². The smallest absolute Gasteiger partial charge is 0.416 e. The van der Waals surface area contributed by atoms with Crippen LogP contribution in [0.1, 0.15) is 22.7 Å². The van der Waals surface area contributed by atoms with Crippen molar-refractivity contribution in [2.45, 2.75) is 12.3 Å². The van der Waals surface area contributed by atoms with Crippen LogP contribution in [0.15, 0.2) is 120 Å². The van der Waals surface area contributed by atoms with Gasteiger partial charge >= 0.3 is 6.18 Å². The number of halogens is 5. The molecular weight excluding hydrogens is 545 g/mol. The van der Waals surface area contributed by atoms with Gasteiger partial charge in [-0.25, -0.2) is 9.37 Å². The molecule has 0 saturated carbocycles. The van der Waals surface area contributed by atoms with Crippen LogP contribution < -0.4 is 28.3 Å². The second kappa shape index (κ2) is 12.0. The molecule has 0 amide bonds. The minimum atomic E-state index is -4.60. The third-order valence-corrected chi connectivity index (χ3v) is 10.6. The summed E-state index contributed by atoms with van der Waals surface area (Å²) in [5, 5.41) is 3.60. The van der Waals surface area contributed by atoms with Gasteiger partial charge in [0.2, 0.25) is 5.89 Å². The van der Waals surface area contributed by atoms with Gasteiger partial charge < -0.3 is 16.8 Å². The Hall–Kier alpha value is -3.73. The number of nitrogens with zero attached hydrogens (tertiary/aromatic N) is 1. The fourth-order valence-electron chi connectivity index (χ4n) is 4.48. The van der Waals surface area contributed by atoms with Gasteiger partial charge in [0, 0.05) is 11.6 Å². The molecule has 198 valence electrons. The molecule has 0 unspecified atom stereocenters. The van der Waals surface area contributed by atoms with E-state index in [1.54, 1.807) is 6.26 Å². The van der Waals surface area contributed by atoms with Gasteiger partial charge in [-0.2, -0.15) is 13.2 Å². The molecule has 0 saturated heterocycles. The predicted octanol–water partition coefficient (Wildman–Crippen LogP) is 4.50. The first-order valence-electron chi connectivity index (χ1n) is 11.9. The van der Waals surface area contributed by atoms with E-state index < -0.39 is 24.8 Å². The minimum Gasteiger partial charge on any atom is -1.00 e. The van der Waals surface area contributed by atoms with Crippen molar-refractivity contribution in [1.29, 1.82) is 0 Å². The zero-order chi connectivity index (χ0) is 26.6. The van der Waals surface area contributed by atoms with Crippen molar-refractivity contribution in [3.63, 3.8) is 0 Å². The van der Waals surface area contributed by atoms with Crippen molar-refractivity contribution in [2.75, 3.05) is 0 Å². The summed E-state index contributed by atoms with van der Waals surface area (Å²) in [5.41, 5.74) is -0.298. The molecule has 5 aromatic rings. The topological polar surface area (TPSA) is 26.0 Å². The quantitative estimate of drug-likeness (QED) is 0.214. The number of benzene rings is 4. The summed E-state index contributed by atoms with van der Waals surface area (Å²) in [4.78, 5) is 4.65. The molecule has 0 aliphatic carbocycles. The maximum absolute atomic E-state index is 14.3. The summed E-state index contributed by atoms with van der Waals surface area (Å²) >= 11 is 0. The number of oxazole rings is 1. The molecule has 4 aromatic carbocycles. The Balaban J connectivity index is 0.00000353. The van der Waals surface area contributed by atoms with Gasteiger partial charge in [0.15, 0.2) is 0 Å². The van der Waals surface area contributed by atoms with Gasteiger partial charge in [-0.3, -0.25) is 0 Å². The number of hydrogen-bond donors (Lipinski definition) is 0. The van der Waals surface area contributed by atoms with Crippen LogP contribution in [0.4, 0.5) is 17.6 Å². The van der Waals surface area contributed by atoms with Crippen LogP contribution in [-0.4, -0.2) is 4.98 Å². The Labute approximate surface area is 230 Å². The van der Waals surface area contributed by atoms with Crippen LogP contribution in [0.3, 0.4) is 0 Å². The lowest BCUT2D eigenvalue weighted by atomic mass is 10.1. The Morgan fingerprint density at radius 2 is 1.23 bits per heavy atom. The van der Waals surface area contributed by atoms with E-state index in [-0.39, 0.29) is 23.9 Å². The molecule has 0 spiro atoms. The largest absolute Gasteiger partial charge is 1.00 e. The van der Waals surface area contributed by atoms with Crippen molar-refractivity contribution < 1.29 is 34.4 Å². The van der Waals surface area contributed by atoms with E-state index in [1.165, 1.54) is 28.1 Å². The highest BCUT2D eigenvalue weighted by atomic mass is 35.5. The standard InChI is InChI=1S/C31H23F4NOP.ClH/c32-29-20-24(31(33,34)35)18-16-23(29)17-19-30-36-25(21-37-30)22-38(26-10-4-1-5-11-26,27-12-6-2-7-13-27)28-14-8-3-9-15-28;/h1-21H,22H2;1H/q+1;/p-1/b19-17+;. The lowest BCUT2D eigenvalue weighted by Crippen LogP contribution is -3.00. The first-order chi connectivity index (χ1) is 18.4. The molecule has 0 radical (unpaired) electrons. The fraction of sp³-hybridized carbons (Fsp3) is 0.0645. The summed E-state index contributed by atoms with van der Waals surface area (Å²) in [7, 11) is -2.18. The summed E-state index contributed by atoms with van der Waals surface area (Å²) < 4.78 is 58.5. The first kappa shape index (κ1) is 28.3. The highest BCUT2D eigenvalue weighted by molar-refractivity contribution is 7.95. The molecule has 0 N–H and O–H groups in total. The molecule has 0 atom stereocenters. The fourth-order valence-corrected chi connectivity index (χ4v) is 8.60. The molecule has 0 aliphatic rings. The molecular formula is C31H23ClF4NOP. The van der Waals surface area contributed by atoms with Crippen molar-refractivity contribution in [3.05, 3.63) is 144 Å². The van der Waals surface area contributed by atoms with E-state index in [4.69, 9.17) is 4.42 Å². The van der Waals surface area contributed by atoms with Crippen LogP contribution in [0, 0.1) is 5.82 Å². The van der Waals surface area contributed by atoms with Gasteiger partial charge in [0.25, 0.3) is 0 Å². The van der Waals surface area contributed by atoms with Gasteiger partial charge in [0.05, 0.1) is 5.56 Å². The SMILES string of the molecule is Fc1cc(C(F)(F)F)ccc1/C=C/c1nc(C[P+](c2ccccc2)(c2ccccc2)c2ccccc2)co1.[Cl-]. The van der Waals surface area contributed by atoms with Crippen LogP contribution in [0.25, 0.3) is 12.2 Å². The Bertz CT molecular complexity index is 1440. The molecule has 0 fully saturated rings. The Morgan fingerprint density at radius 3 is 1.69 bits per heavy atom. The normalized spacial score (nSPS) is 11.9. The van der Waals surface area contributed by atoms with E-state index in [0.29, 0.717) is 12.2 Å². The highest BCUT2D eigenvalue weighted by Crippen LogP contribution is 2.58. The van der Waals surface area contributed by atoms with Crippen molar-refractivity contribution >= 4 is 35.3 Å².